The first-order valence-corrected chi connectivity index (χ1v) is 8.08. The Morgan fingerprint density at radius 2 is 1.79 bits per heavy atom. The molecule has 1 aliphatic carbocycles. The van der Waals surface area contributed by atoms with Crippen LogP contribution in [-0.2, 0) is 4.79 Å². The van der Waals surface area contributed by atoms with Crippen LogP contribution >= 0.6 is 0 Å². The normalized spacial score (nSPS) is 14.4. The minimum atomic E-state index is -0.260. The highest BCUT2D eigenvalue weighted by molar-refractivity contribution is 6.00. The molecule has 3 heteroatoms. The molecule has 0 N–H and O–H groups in total. The molecule has 0 bridgehead atoms. The van der Waals surface area contributed by atoms with Crippen molar-refractivity contribution in [3.05, 3.63) is 71.7 Å². The van der Waals surface area contributed by atoms with E-state index in [1.54, 1.807) is 12.1 Å². The molecular weight excluding hydrogens is 301 g/mol. The highest BCUT2D eigenvalue weighted by Crippen LogP contribution is 2.45. The van der Waals surface area contributed by atoms with E-state index in [0.29, 0.717) is 5.92 Å². The van der Waals surface area contributed by atoms with Gasteiger partial charge in [0.15, 0.2) is 0 Å². The predicted molar refractivity (Wildman–Crippen MR) is 94.2 cm³/mol. The molecule has 1 aromatic heterocycles. The van der Waals surface area contributed by atoms with E-state index in [2.05, 4.69) is 0 Å². The van der Waals surface area contributed by atoms with Crippen LogP contribution in [0.15, 0.2) is 54.6 Å². The molecule has 118 valence electrons. The van der Waals surface area contributed by atoms with Crippen LogP contribution in [0, 0.1) is 5.82 Å². The largest absolute Gasteiger partial charge is 0.299 e. The molecule has 2 aromatic carbocycles. The molecule has 0 spiro atoms. The van der Waals surface area contributed by atoms with E-state index in [9.17, 15) is 9.18 Å². The number of allylic oxidation sites excluding steroid dienone is 1. The first kappa shape index (κ1) is 14.8. The molecule has 1 heterocycles. The van der Waals surface area contributed by atoms with Crippen LogP contribution in [0.4, 0.5) is 4.39 Å². The van der Waals surface area contributed by atoms with Gasteiger partial charge in [-0.05, 0) is 48.8 Å². The number of aromatic nitrogens is 1. The monoisotopic (exact) mass is 317 g/mol. The van der Waals surface area contributed by atoms with Crippen LogP contribution in [0.3, 0.4) is 0 Å². The summed E-state index contributed by atoms with van der Waals surface area (Å²) in [6.45, 7) is 0. The summed E-state index contributed by atoms with van der Waals surface area (Å²) >= 11 is 0. The highest BCUT2D eigenvalue weighted by Gasteiger charge is 2.29. The summed E-state index contributed by atoms with van der Waals surface area (Å²) in [4.78, 5) is 15.7. The van der Waals surface area contributed by atoms with Gasteiger partial charge in [0.05, 0.1) is 11.2 Å². The third kappa shape index (κ3) is 2.62. The Bertz CT molecular complexity index is 940. The molecule has 0 aliphatic heterocycles. The zero-order valence-electron chi connectivity index (χ0n) is 13.1. The van der Waals surface area contributed by atoms with Gasteiger partial charge in [-0.3, -0.25) is 9.78 Å². The molecule has 1 saturated carbocycles. The molecule has 4 rings (SSSR count). The first-order valence-electron chi connectivity index (χ1n) is 8.08. The fourth-order valence-electron chi connectivity index (χ4n) is 3.15. The van der Waals surface area contributed by atoms with E-state index in [0.717, 1.165) is 52.4 Å². The summed E-state index contributed by atoms with van der Waals surface area (Å²) in [6, 6.07) is 14.5. The van der Waals surface area contributed by atoms with E-state index in [-0.39, 0.29) is 5.82 Å². The number of hydrogen-bond acceptors (Lipinski definition) is 2. The van der Waals surface area contributed by atoms with Crippen molar-refractivity contribution >= 4 is 23.3 Å². The third-order valence-corrected chi connectivity index (χ3v) is 4.40. The topological polar surface area (TPSA) is 30.0 Å². The van der Waals surface area contributed by atoms with Gasteiger partial charge in [-0.25, -0.2) is 4.39 Å². The van der Waals surface area contributed by atoms with E-state index in [1.165, 1.54) is 18.2 Å². The molecule has 24 heavy (non-hydrogen) atoms. The molecule has 3 aromatic rings. The summed E-state index contributed by atoms with van der Waals surface area (Å²) in [5.74, 6) is 0.185. The standard InChI is InChI=1S/C21H16FNO/c22-16-11-9-14(10-12-16)20-17-4-1-2-6-19(17)23-21(15-7-8-15)18(20)5-3-13-24/h1-6,9-13,15H,7-8H2/b5-3+. The van der Waals surface area contributed by atoms with Crippen LogP contribution < -0.4 is 0 Å². The number of rotatable bonds is 4. The number of pyridine rings is 1. The Balaban J connectivity index is 2.08. The Morgan fingerprint density at radius 3 is 2.50 bits per heavy atom. The number of nitrogens with zero attached hydrogens (tertiary/aromatic N) is 1. The third-order valence-electron chi connectivity index (χ3n) is 4.40. The summed E-state index contributed by atoms with van der Waals surface area (Å²) in [5, 5.41) is 1.01. The number of carbonyl (C=O) groups excluding carboxylic acids is 1. The van der Waals surface area contributed by atoms with Gasteiger partial charge in [0, 0.05) is 22.4 Å². The fraction of sp³-hybridized carbons (Fsp3) is 0.143. The predicted octanol–water partition coefficient (Wildman–Crippen LogP) is 5.13. The second-order valence-electron chi connectivity index (χ2n) is 6.08. The average Bonchev–Trinajstić information content (AvgIpc) is 3.44. The lowest BCUT2D eigenvalue weighted by molar-refractivity contribution is -0.104. The van der Waals surface area contributed by atoms with Crippen molar-refractivity contribution in [1.29, 1.82) is 0 Å². The van der Waals surface area contributed by atoms with Gasteiger partial charge in [-0.15, -0.1) is 0 Å². The zero-order chi connectivity index (χ0) is 16.5. The summed E-state index contributed by atoms with van der Waals surface area (Å²) in [6.07, 6.45) is 6.36. The smallest absolute Gasteiger partial charge is 0.142 e. The maximum Gasteiger partial charge on any atom is 0.142 e. The Hall–Kier alpha value is -2.81. The zero-order valence-corrected chi connectivity index (χ0v) is 13.1. The maximum absolute atomic E-state index is 13.4. The van der Waals surface area contributed by atoms with Crippen molar-refractivity contribution in [2.75, 3.05) is 0 Å². The lowest BCUT2D eigenvalue weighted by Gasteiger charge is -2.15. The molecule has 0 unspecified atom stereocenters. The number of aldehydes is 1. The molecular formula is C21H16FNO. The van der Waals surface area contributed by atoms with Crippen molar-refractivity contribution < 1.29 is 9.18 Å². The molecule has 1 fully saturated rings. The Morgan fingerprint density at radius 1 is 1.04 bits per heavy atom. The van der Waals surface area contributed by atoms with Gasteiger partial charge >= 0.3 is 0 Å². The van der Waals surface area contributed by atoms with Gasteiger partial charge in [0.1, 0.15) is 12.1 Å². The number of benzene rings is 2. The van der Waals surface area contributed by atoms with Gasteiger partial charge in [0.25, 0.3) is 0 Å². The second kappa shape index (κ2) is 6.00. The summed E-state index contributed by atoms with van der Waals surface area (Å²) < 4.78 is 13.4. The van der Waals surface area contributed by atoms with Gasteiger partial charge in [0.2, 0.25) is 0 Å². The number of carbonyl (C=O) groups is 1. The number of para-hydroxylation sites is 1. The Kier molecular flexibility index (Phi) is 3.69. The van der Waals surface area contributed by atoms with E-state index < -0.39 is 0 Å². The fourth-order valence-corrected chi connectivity index (χ4v) is 3.15. The van der Waals surface area contributed by atoms with Gasteiger partial charge < -0.3 is 0 Å². The van der Waals surface area contributed by atoms with Gasteiger partial charge in [-0.1, -0.05) is 30.3 Å². The lowest BCUT2D eigenvalue weighted by atomic mass is 9.92. The summed E-state index contributed by atoms with van der Waals surface area (Å²) in [7, 11) is 0. The molecule has 0 saturated heterocycles. The van der Waals surface area contributed by atoms with Crippen molar-refractivity contribution in [1.82, 2.24) is 4.98 Å². The summed E-state index contributed by atoms with van der Waals surface area (Å²) in [5.41, 5.74) is 4.88. The van der Waals surface area contributed by atoms with Crippen molar-refractivity contribution in [3.8, 4) is 11.1 Å². The van der Waals surface area contributed by atoms with E-state index in [1.807, 2.05) is 30.3 Å². The quantitative estimate of drug-likeness (QED) is 0.493. The maximum atomic E-state index is 13.4. The molecule has 2 nitrogen and oxygen atoms in total. The number of halogens is 1. The molecule has 0 amide bonds. The van der Waals surface area contributed by atoms with Crippen LogP contribution in [0.5, 0.6) is 0 Å². The lowest BCUT2D eigenvalue weighted by Crippen LogP contribution is -1.98. The number of fused-ring (bicyclic) bond motifs is 1. The molecule has 0 atom stereocenters. The SMILES string of the molecule is O=C/C=C/c1c(C2CC2)nc2ccccc2c1-c1ccc(F)cc1. The molecule has 1 aliphatic rings. The number of hydrogen-bond donors (Lipinski definition) is 0. The van der Waals surface area contributed by atoms with Crippen molar-refractivity contribution in [3.63, 3.8) is 0 Å². The van der Waals surface area contributed by atoms with E-state index in [4.69, 9.17) is 4.98 Å². The van der Waals surface area contributed by atoms with Crippen LogP contribution in [0.2, 0.25) is 0 Å². The molecule has 0 radical (unpaired) electrons. The second-order valence-corrected chi connectivity index (χ2v) is 6.08. The Labute approximate surface area is 139 Å². The average molecular weight is 317 g/mol. The van der Waals surface area contributed by atoms with Gasteiger partial charge in [-0.2, -0.15) is 0 Å². The van der Waals surface area contributed by atoms with Crippen LogP contribution in [-0.4, -0.2) is 11.3 Å². The minimum Gasteiger partial charge on any atom is -0.299 e. The van der Waals surface area contributed by atoms with Crippen LogP contribution in [0.25, 0.3) is 28.1 Å². The van der Waals surface area contributed by atoms with Crippen LogP contribution in [0.1, 0.15) is 30.0 Å². The van der Waals surface area contributed by atoms with Crippen molar-refractivity contribution in [2.45, 2.75) is 18.8 Å². The van der Waals surface area contributed by atoms with Crippen molar-refractivity contribution in [2.24, 2.45) is 0 Å². The highest BCUT2D eigenvalue weighted by atomic mass is 19.1. The van der Waals surface area contributed by atoms with E-state index >= 15 is 0 Å². The first-order chi connectivity index (χ1) is 11.8. The minimum absolute atomic E-state index is 0.260.